The molecule has 0 heterocycles. The molecule has 0 spiro atoms. The average molecular weight is 288 g/mol. The van der Waals surface area contributed by atoms with Gasteiger partial charge in [-0.1, -0.05) is 12.1 Å². The second kappa shape index (κ2) is 5.44. The molecule has 1 aliphatic rings. The first-order valence-electron chi connectivity index (χ1n) is 6.32. The molecule has 20 heavy (non-hydrogen) atoms. The van der Waals surface area contributed by atoms with Crippen LogP contribution in [-0.4, -0.2) is 24.9 Å². The third-order valence-electron chi connectivity index (χ3n) is 3.55. The third-order valence-corrected chi connectivity index (χ3v) is 3.55. The summed E-state index contributed by atoms with van der Waals surface area (Å²) in [7, 11) is 1.46. The SMILES string of the molecule is COC1(C(=O)c2cccc(OC(F)(F)F)c2)CCCC1. The molecule has 110 valence electrons. The molecule has 0 radical (unpaired) electrons. The topological polar surface area (TPSA) is 35.5 Å². The zero-order valence-electron chi connectivity index (χ0n) is 11.0. The first-order chi connectivity index (χ1) is 9.36. The Morgan fingerprint density at radius 2 is 1.90 bits per heavy atom. The normalized spacial score (nSPS) is 18.0. The maximum Gasteiger partial charge on any atom is 0.573 e. The number of alkyl halides is 3. The van der Waals surface area contributed by atoms with Crippen LogP contribution < -0.4 is 4.74 Å². The van der Waals surface area contributed by atoms with Crippen molar-refractivity contribution in [2.45, 2.75) is 37.6 Å². The zero-order chi connectivity index (χ0) is 14.8. The van der Waals surface area contributed by atoms with Crippen LogP contribution in [0.15, 0.2) is 24.3 Å². The molecular formula is C14H15F3O3. The first-order valence-corrected chi connectivity index (χ1v) is 6.32. The number of ether oxygens (including phenoxy) is 2. The summed E-state index contributed by atoms with van der Waals surface area (Å²) in [5.74, 6) is -0.683. The maximum absolute atomic E-state index is 12.5. The summed E-state index contributed by atoms with van der Waals surface area (Å²) in [6.45, 7) is 0. The molecule has 0 aromatic heterocycles. The van der Waals surface area contributed by atoms with E-state index in [0.717, 1.165) is 18.9 Å². The van der Waals surface area contributed by atoms with Gasteiger partial charge in [0, 0.05) is 12.7 Å². The highest BCUT2D eigenvalue weighted by atomic mass is 19.4. The van der Waals surface area contributed by atoms with E-state index < -0.39 is 17.7 Å². The van der Waals surface area contributed by atoms with Crippen molar-refractivity contribution >= 4 is 5.78 Å². The predicted octanol–water partition coefficient (Wildman–Crippen LogP) is 3.73. The molecule has 1 saturated carbocycles. The predicted molar refractivity (Wildman–Crippen MR) is 65.7 cm³/mol. The number of Topliss-reactive ketones (excluding diaryl/α,β-unsaturated/α-hetero) is 1. The molecule has 0 unspecified atom stereocenters. The van der Waals surface area contributed by atoms with Crippen molar-refractivity contribution in [1.82, 2.24) is 0 Å². The second-order valence-electron chi connectivity index (χ2n) is 4.81. The van der Waals surface area contributed by atoms with E-state index >= 15 is 0 Å². The summed E-state index contributed by atoms with van der Waals surface area (Å²) in [5.41, 5.74) is -0.730. The van der Waals surface area contributed by atoms with Crippen LogP contribution in [0.5, 0.6) is 5.75 Å². The van der Waals surface area contributed by atoms with Gasteiger partial charge in [0.15, 0.2) is 5.78 Å². The molecule has 2 rings (SSSR count). The van der Waals surface area contributed by atoms with E-state index in [1.54, 1.807) is 0 Å². The van der Waals surface area contributed by atoms with Crippen molar-refractivity contribution in [3.05, 3.63) is 29.8 Å². The standard InChI is InChI=1S/C14H15F3O3/c1-19-13(7-2-3-8-13)12(18)10-5-4-6-11(9-10)20-14(15,16)17/h4-6,9H,2-3,7-8H2,1H3. The van der Waals surface area contributed by atoms with Crippen molar-refractivity contribution in [2.75, 3.05) is 7.11 Å². The summed E-state index contributed by atoms with van der Waals surface area (Å²) in [6, 6.07) is 5.12. The van der Waals surface area contributed by atoms with Gasteiger partial charge in [0.2, 0.25) is 0 Å². The fraction of sp³-hybridized carbons (Fsp3) is 0.500. The van der Waals surface area contributed by atoms with E-state index in [9.17, 15) is 18.0 Å². The van der Waals surface area contributed by atoms with Gasteiger partial charge in [-0.05, 0) is 37.8 Å². The number of halogens is 3. The van der Waals surface area contributed by atoms with Crippen LogP contribution in [0, 0.1) is 0 Å². The first kappa shape index (κ1) is 14.8. The molecule has 0 amide bonds. The van der Waals surface area contributed by atoms with E-state index in [2.05, 4.69) is 4.74 Å². The number of methoxy groups -OCH3 is 1. The molecule has 0 bridgehead atoms. The van der Waals surface area contributed by atoms with E-state index in [1.165, 1.54) is 25.3 Å². The molecule has 1 aromatic carbocycles. The minimum Gasteiger partial charge on any atom is -0.406 e. The third kappa shape index (κ3) is 3.12. The number of carbonyl (C=O) groups excluding carboxylic acids is 1. The summed E-state index contributed by atoms with van der Waals surface area (Å²) in [6.07, 6.45) is -1.84. The van der Waals surface area contributed by atoms with Crippen LogP contribution in [0.2, 0.25) is 0 Å². The number of ketones is 1. The van der Waals surface area contributed by atoms with E-state index in [0.29, 0.717) is 12.8 Å². The number of hydrogen-bond donors (Lipinski definition) is 0. The summed E-state index contributed by atoms with van der Waals surface area (Å²) >= 11 is 0. The van der Waals surface area contributed by atoms with Gasteiger partial charge in [0.1, 0.15) is 11.4 Å². The molecule has 6 heteroatoms. The summed E-state index contributed by atoms with van der Waals surface area (Å²) in [5, 5.41) is 0. The molecule has 0 atom stereocenters. The number of benzene rings is 1. The number of rotatable bonds is 4. The molecule has 1 fully saturated rings. The largest absolute Gasteiger partial charge is 0.573 e. The highest BCUT2D eigenvalue weighted by Crippen LogP contribution is 2.36. The molecular weight excluding hydrogens is 273 g/mol. The Kier molecular flexibility index (Phi) is 4.04. The van der Waals surface area contributed by atoms with Crippen molar-refractivity contribution in [2.24, 2.45) is 0 Å². The lowest BCUT2D eigenvalue weighted by molar-refractivity contribution is -0.274. The summed E-state index contributed by atoms with van der Waals surface area (Å²) < 4.78 is 45.7. The number of carbonyl (C=O) groups is 1. The van der Waals surface area contributed by atoms with Crippen molar-refractivity contribution in [1.29, 1.82) is 0 Å². The Morgan fingerprint density at radius 3 is 2.45 bits per heavy atom. The Morgan fingerprint density at radius 1 is 1.25 bits per heavy atom. The Balaban J connectivity index is 2.24. The van der Waals surface area contributed by atoms with Crippen LogP contribution in [0.1, 0.15) is 36.0 Å². The van der Waals surface area contributed by atoms with Gasteiger partial charge < -0.3 is 9.47 Å². The van der Waals surface area contributed by atoms with Crippen molar-refractivity contribution in [3.8, 4) is 5.75 Å². The Hall–Kier alpha value is -1.56. The molecule has 0 saturated heterocycles. The van der Waals surface area contributed by atoms with E-state index in [4.69, 9.17) is 4.74 Å². The fourth-order valence-corrected chi connectivity index (χ4v) is 2.57. The van der Waals surface area contributed by atoms with Crippen molar-refractivity contribution in [3.63, 3.8) is 0 Å². The van der Waals surface area contributed by atoms with Gasteiger partial charge in [-0.2, -0.15) is 0 Å². The monoisotopic (exact) mass is 288 g/mol. The van der Waals surface area contributed by atoms with E-state index in [-0.39, 0.29) is 11.3 Å². The molecule has 3 nitrogen and oxygen atoms in total. The zero-order valence-corrected chi connectivity index (χ0v) is 11.0. The fourth-order valence-electron chi connectivity index (χ4n) is 2.57. The highest BCUT2D eigenvalue weighted by molar-refractivity contribution is 6.03. The van der Waals surface area contributed by atoms with Crippen LogP contribution in [0.25, 0.3) is 0 Å². The quantitative estimate of drug-likeness (QED) is 0.792. The lowest BCUT2D eigenvalue weighted by Gasteiger charge is -2.25. The van der Waals surface area contributed by atoms with Gasteiger partial charge in [-0.25, -0.2) is 0 Å². The second-order valence-corrected chi connectivity index (χ2v) is 4.81. The van der Waals surface area contributed by atoms with Gasteiger partial charge in [-0.3, -0.25) is 4.79 Å². The van der Waals surface area contributed by atoms with Gasteiger partial charge in [0.05, 0.1) is 0 Å². The number of hydrogen-bond acceptors (Lipinski definition) is 3. The Bertz CT molecular complexity index is 491. The van der Waals surface area contributed by atoms with Gasteiger partial charge in [-0.15, -0.1) is 13.2 Å². The molecule has 0 N–H and O–H groups in total. The summed E-state index contributed by atoms with van der Waals surface area (Å²) in [4.78, 5) is 12.5. The maximum atomic E-state index is 12.5. The van der Waals surface area contributed by atoms with Gasteiger partial charge in [0.25, 0.3) is 0 Å². The van der Waals surface area contributed by atoms with Crippen LogP contribution in [-0.2, 0) is 4.74 Å². The Labute approximate surface area is 114 Å². The van der Waals surface area contributed by atoms with Gasteiger partial charge >= 0.3 is 6.36 Å². The van der Waals surface area contributed by atoms with Crippen LogP contribution >= 0.6 is 0 Å². The molecule has 1 aliphatic carbocycles. The van der Waals surface area contributed by atoms with E-state index in [1.807, 2.05) is 0 Å². The highest BCUT2D eigenvalue weighted by Gasteiger charge is 2.41. The van der Waals surface area contributed by atoms with Crippen molar-refractivity contribution < 1.29 is 27.4 Å². The minimum atomic E-state index is -4.77. The lowest BCUT2D eigenvalue weighted by Crippen LogP contribution is -2.37. The van der Waals surface area contributed by atoms with Crippen LogP contribution in [0.4, 0.5) is 13.2 Å². The lowest BCUT2D eigenvalue weighted by atomic mass is 9.91. The smallest absolute Gasteiger partial charge is 0.406 e. The molecule has 0 aliphatic heterocycles. The average Bonchev–Trinajstić information content (AvgIpc) is 2.86. The minimum absolute atomic E-state index is 0.176. The molecule has 1 aromatic rings. The van der Waals surface area contributed by atoms with Crippen LogP contribution in [0.3, 0.4) is 0 Å².